The van der Waals surface area contributed by atoms with Crippen LogP contribution in [0.5, 0.6) is 5.75 Å². The summed E-state index contributed by atoms with van der Waals surface area (Å²) >= 11 is 0. The highest BCUT2D eigenvalue weighted by molar-refractivity contribution is 5.94. The summed E-state index contributed by atoms with van der Waals surface area (Å²) < 4.78 is 0. The number of likely N-dealkylation sites (tertiary alicyclic amines) is 1. The van der Waals surface area contributed by atoms with Crippen LogP contribution in [-0.2, 0) is 5.41 Å². The first kappa shape index (κ1) is 15.6. The van der Waals surface area contributed by atoms with Gasteiger partial charge in [0.15, 0.2) is 0 Å². The monoisotopic (exact) mass is 309 g/mol. The fourth-order valence-corrected chi connectivity index (χ4v) is 3.47. The largest absolute Gasteiger partial charge is 0.508 e. The van der Waals surface area contributed by atoms with Gasteiger partial charge in [0.25, 0.3) is 5.91 Å². The van der Waals surface area contributed by atoms with Gasteiger partial charge < -0.3 is 10.0 Å². The number of phenolic OH excluding ortho intramolecular Hbond substituents is 1. The molecule has 0 aliphatic carbocycles. The van der Waals surface area contributed by atoms with E-state index in [1.165, 1.54) is 0 Å². The van der Waals surface area contributed by atoms with Crippen LogP contribution >= 0.6 is 0 Å². The van der Waals surface area contributed by atoms with Crippen LogP contribution in [0.3, 0.4) is 0 Å². The predicted octanol–water partition coefficient (Wildman–Crippen LogP) is 3.83. The van der Waals surface area contributed by atoms with Crippen LogP contribution < -0.4 is 0 Å². The van der Waals surface area contributed by atoms with Gasteiger partial charge in [0.2, 0.25) is 0 Å². The summed E-state index contributed by atoms with van der Waals surface area (Å²) in [5.41, 5.74) is 1.88. The number of nitrogens with zero attached hydrogens (tertiary/aromatic N) is 1. The molecule has 2 aromatic carbocycles. The van der Waals surface area contributed by atoms with E-state index in [4.69, 9.17) is 0 Å². The third kappa shape index (κ3) is 2.96. The number of hydrogen-bond donors (Lipinski definition) is 1. The standard InChI is InChI=1S/C20H23NO2/c1-15-14-21(19(23)16-7-4-3-5-8-16)12-11-20(15,2)17-9-6-10-18(22)13-17/h3-10,13,15,22H,11-12,14H2,1-2H3/t15-,20+/m0/s1. The van der Waals surface area contributed by atoms with Gasteiger partial charge in [-0.3, -0.25) is 4.79 Å². The molecule has 0 saturated carbocycles. The van der Waals surface area contributed by atoms with Gasteiger partial charge in [0.05, 0.1) is 0 Å². The zero-order valence-electron chi connectivity index (χ0n) is 13.7. The van der Waals surface area contributed by atoms with Gasteiger partial charge in [-0.15, -0.1) is 0 Å². The maximum atomic E-state index is 12.6. The first-order valence-corrected chi connectivity index (χ1v) is 8.14. The second kappa shape index (κ2) is 6.07. The van der Waals surface area contributed by atoms with E-state index in [-0.39, 0.29) is 11.3 Å². The Morgan fingerprint density at radius 3 is 2.57 bits per heavy atom. The minimum atomic E-state index is -0.0216. The number of carbonyl (C=O) groups is 1. The van der Waals surface area contributed by atoms with Gasteiger partial charge in [0.1, 0.15) is 5.75 Å². The van der Waals surface area contributed by atoms with Crippen molar-refractivity contribution in [2.75, 3.05) is 13.1 Å². The van der Waals surface area contributed by atoms with Crippen molar-refractivity contribution in [2.45, 2.75) is 25.7 Å². The Balaban J connectivity index is 1.78. The molecule has 3 nitrogen and oxygen atoms in total. The number of amides is 1. The summed E-state index contributed by atoms with van der Waals surface area (Å²) in [6.45, 7) is 5.90. The van der Waals surface area contributed by atoms with Crippen LogP contribution in [0.1, 0.15) is 36.2 Å². The van der Waals surface area contributed by atoms with Crippen LogP contribution in [0.2, 0.25) is 0 Å². The summed E-state index contributed by atoms with van der Waals surface area (Å²) in [6, 6.07) is 17.0. The van der Waals surface area contributed by atoms with E-state index < -0.39 is 0 Å². The summed E-state index contributed by atoms with van der Waals surface area (Å²) in [7, 11) is 0. The minimum absolute atomic E-state index is 0.0216. The second-order valence-electron chi connectivity index (χ2n) is 6.74. The van der Waals surface area contributed by atoms with Crippen LogP contribution in [0.4, 0.5) is 0 Å². The number of benzene rings is 2. The van der Waals surface area contributed by atoms with E-state index in [1.807, 2.05) is 47.4 Å². The molecule has 2 aromatic rings. The first-order chi connectivity index (χ1) is 11.0. The Bertz CT molecular complexity index is 698. The van der Waals surface area contributed by atoms with Crippen molar-refractivity contribution in [3.05, 3.63) is 65.7 Å². The van der Waals surface area contributed by atoms with Gasteiger partial charge >= 0.3 is 0 Å². The summed E-state index contributed by atoms with van der Waals surface area (Å²) in [4.78, 5) is 14.6. The molecule has 1 saturated heterocycles. The molecule has 1 N–H and O–H groups in total. The Morgan fingerprint density at radius 2 is 1.91 bits per heavy atom. The lowest BCUT2D eigenvalue weighted by atomic mass is 9.68. The molecule has 1 fully saturated rings. The zero-order valence-corrected chi connectivity index (χ0v) is 13.7. The number of aromatic hydroxyl groups is 1. The SMILES string of the molecule is C[C@H]1CN(C(=O)c2ccccc2)CC[C@@]1(C)c1cccc(O)c1. The summed E-state index contributed by atoms with van der Waals surface area (Å²) in [5, 5.41) is 9.77. The first-order valence-electron chi connectivity index (χ1n) is 8.14. The second-order valence-corrected chi connectivity index (χ2v) is 6.74. The Hall–Kier alpha value is -2.29. The highest BCUT2D eigenvalue weighted by Crippen LogP contribution is 2.40. The molecule has 120 valence electrons. The average molecular weight is 309 g/mol. The van der Waals surface area contributed by atoms with Crippen molar-refractivity contribution >= 4 is 5.91 Å². The molecular formula is C20H23NO2. The highest BCUT2D eigenvalue weighted by atomic mass is 16.3. The molecule has 2 atom stereocenters. The van der Waals surface area contributed by atoms with Crippen molar-refractivity contribution in [1.29, 1.82) is 0 Å². The summed E-state index contributed by atoms with van der Waals surface area (Å²) in [5.74, 6) is 0.736. The predicted molar refractivity (Wildman–Crippen MR) is 91.6 cm³/mol. The van der Waals surface area contributed by atoms with Crippen LogP contribution in [0, 0.1) is 5.92 Å². The molecule has 23 heavy (non-hydrogen) atoms. The molecule has 3 heteroatoms. The lowest BCUT2D eigenvalue weighted by molar-refractivity contribution is 0.0578. The molecule has 0 unspecified atom stereocenters. The number of carbonyl (C=O) groups excluding carboxylic acids is 1. The molecule has 1 aliphatic rings. The Kier molecular flexibility index (Phi) is 4.12. The number of phenols is 1. The van der Waals surface area contributed by atoms with Crippen molar-refractivity contribution in [3.63, 3.8) is 0 Å². The molecule has 1 amide bonds. The topological polar surface area (TPSA) is 40.5 Å². The molecule has 3 rings (SSSR count). The van der Waals surface area contributed by atoms with E-state index in [0.29, 0.717) is 11.7 Å². The minimum Gasteiger partial charge on any atom is -0.508 e. The third-order valence-electron chi connectivity index (χ3n) is 5.30. The molecule has 1 aliphatic heterocycles. The van der Waals surface area contributed by atoms with Gasteiger partial charge in [-0.1, -0.05) is 44.2 Å². The van der Waals surface area contributed by atoms with Gasteiger partial charge in [-0.25, -0.2) is 0 Å². The zero-order chi connectivity index (χ0) is 16.4. The van der Waals surface area contributed by atoms with Crippen molar-refractivity contribution < 1.29 is 9.90 Å². The fourth-order valence-electron chi connectivity index (χ4n) is 3.47. The van der Waals surface area contributed by atoms with Crippen LogP contribution in [0.15, 0.2) is 54.6 Å². The van der Waals surface area contributed by atoms with Crippen molar-refractivity contribution in [3.8, 4) is 5.75 Å². The van der Waals surface area contributed by atoms with Crippen LogP contribution in [0.25, 0.3) is 0 Å². The molecule has 0 spiro atoms. The number of hydrogen-bond acceptors (Lipinski definition) is 2. The highest BCUT2D eigenvalue weighted by Gasteiger charge is 2.39. The molecule has 0 radical (unpaired) electrons. The maximum Gasteiger partial charge on any atom is 0.253 e. The Labute approximate surface area is 137 Å². The normalized spacial score (nSPS) is 24.4. The van der Waals surface area contributed by atoms with Crippen molar-refractivity contribution in [2.24, 2.45) is 5.92 Å². The molecular weight excluding hydrogens is 286 g/mol. The number of rotatable bonds is 2. The maximum absolute atomic E-state index is 12.6. The lowest BCUT2D eigenvalue weighted by Gasteiger charge is -2.45. The summed E-state index contributed by atoms with van der Waals surface area (Å²) in [6.07, 6.45) is 0.899. The van der Waals surface area contributed by atoms with E-state index in [2.05, 4.69) is 19.9 Å². The van der Waals surface area contributed by atoms with E-state index in [1.54, 1.807) is 6.07 Å². The van der Waals surface area contributed by atoms with Gasteiger partial charge in [-0.05, 0) is 47.6 Å². The molecule has 1 heterocycles. The molecule has 0 aromatic heterocycles. The lowest BCUT2D eigenvalue weighted by Crippen LogP contribution is -2.49. The van der Waals surface area contributed by atoms with Gasteiger partial charge in [-0.2, -0.15) is 0 Å². The van der Waals surface area contributed by atoms with Gasteiger partial charge in [0, 0.05) is 18.7 Å². The quantitative estimate of drug-likeness (QED) is 0.916. The van der Waals surface area contributed by atoms with E-state index >= 15 is 0 Å². The smallest absolute Gasteiger partial charge is 0.253 e. The average Bonchev–Trinajstić information content (AvgIpc) is 2.57. The van der Waals surface area contributed by atoms with Crippen molar-refractivity contribution in [1.82, 2.24) is 4.90 Å². The number of piperidine rings is 1. The fraction of sp³-hybridized carbons (Fsp3) is 0.350. The Morgan fingerprint density at radius 1 is 1.17 bits per heavy atom. The van der Waals surface area contributed by atoms with E-state index in [9.17, 15) is 9.90 Å². The third-order valence-corrected chi connectivity index (χ3v) is 5.30. The van der Waals surface area contributed by atoms with Crippen LogP contribution in [-0.4, -0.2) is 29.0 Å². The van der Waals surface area contributed by atoms with E-state index in [0.717, 1.165) is 30.6 Å². The molecule has 0 bridgehead atoms.